The van der Waals surface area contributed by atoms with Gasteiger partial charge in [-0.3, -0.25) is 4.98 Å². The summed E-state index contributed by atoms with van der Waals surface area (Å²) in [6.45, 7) is 3.91. The first-order valence-corrected chi connectivity index (χ1v) is 8.44. The summed E-state index contributed by atoms with van der Waals surface area (Å²) < 4.78 is 0. The molecule has 0 aliphatic heterocycles. The zero-order valence-electron chi connectivity index (χ0n) is 14.6. The normalized spacial score (nSPS) is 11.7. The summed E-state index contributed by atoms with van der Waals surface area (Å²) in [6.07, 6.45) is 0.618. The number of aromatic nitrogens is 1. The average Bonchev–Trinajstić information content (AvgIpc) is 2.63. The predicted molar refractivity (Wildman–Crippen MR) is 101 cm³/mol. The summed E-state index contributed by atoms with van der Waals surface area (Å²) >= 11 is 0. The fraction of sp³-hybridized carbons (Fsp3) is 0.182. The van der Waals surface area contributed by atoms with Crippen molar-refractivity contribution in [2.75, 3.05) is 0 Å². The minimum Gasteiger partial charge on any atom is -0.411 e. The van der Waals surface area contributed by atoms with E-state index in [9.17, 15) is 5.21 Å². The highest BCUT2D eigenvalue weighted by Gasteiger charge is 2.19. The van der Waals surface area contributed by atoms with E-state index in [-0.39, 0.29) is 5.92 Å². The van der Waals surface area contributed by atoms with Crippen molar-refractivity contribution in [3.05, 3.63) is 101 Å². The number of nitrogens with zero attached hydrogens (tertiary/aromatic N) is 2. The van der Waals surface area contributed by atoms with Gasteiger partial charge in [0.2, 0.25) is 0 Å². The molecule has 3 aromatic rings. The first kappa shape index (κ1) is 16.9. The van der Waals surface area contributed by atoms with Gasteiger partial charge in [0.05, 0.1) is 5.71 Å². The fourth-order valence-electron chi connectivity index (χ4n) is 3.21. The Bertz CT molecular complexity index is 798. The van der Waals surface area contributed by atoms with Crippen LogP contribution in [0.5, 0.6) is 0 Å². The molecule has 0 aliphatic rings. The molecule has 0 fully saturated rings. The summed E-state index contributed by atoms with van der Waals surface area (Å²) in [5, 5.41) is 13.3. The van der Waals surface area contributed by atoms with Crippen molar-refractivity contribution in [1.82, 2.24) is 4.98 Å². The van der Waals surface area contributed by atoms with Crippen LogP contribution in [0.1, 0.15) is 40.4 Å². The lowest BCUT2D eigenvalue weighted by atomic mass is 9.85. The number of aryl methyl sites for hydroxylation is 2. The summed E-state index contributed by atoms with van der Waals surface area (Å²) in [4.78, 5) is 4.41. The molecule has 0 aliphatic carbocycles. The van der Waals surface area contributed by atoms with E-state index in [1.807, 2.05) is 62.4 Å². The third-order valence-corrected chi connectivity index (χ3v) is 4.34. The van der Waals surface area contributed by atoms with Crippen LogP contribution in [-0.4, -0.2) is 15.9 Å². The molecule has 0 unspecified atom stereocenters. The molecular formula is C22H22N2O. The second kappa shape index (κ2) is 7.75. The molecule has 25 heavy (non-hydrogen) atoms. The smallest absolute Gasteiger partial charge is 0.0878 e. The number of hydrogen-bond donors (Lipinski definition) is 1. The van der Waals surface area contributed by atoms with Crippen LogP contribution in [0.2, 0.25) is 0 Å². The number of rotatable bonds is 5. The maximum absolute atomic E-state index is 9.67. The second-order valence-corrected chi connectivity index (χ2v) is 6.26. The van der Waals surface area contributed by atoms with Gasteiger partial charge in [-0.1, -0.05) is 65.8 Å². The quantitative estimate of drug-likeness (QED) is 0.402. The Hall–Kier alpha value is -2.94. The maximum atomic E-state index is 9.67. The number of benzene rings is 2. The Labute approximate surface area is 148 Å². The second-order valence-electron chi connectivity index (χ2n) is 6.26. The third kappa shape index (κ3) is 4.13. The van der Waals surface area contributed by atoms with Gasteiger partial charge in [-0.2, -0.15) is 0 Å². The van der Waals surface area contributed by atoms with Crippen molar-refractivity contribution in [3.63, 3.8) is 0 Å². The van der Waals surface area contributed by atoms with Crippen molar-refractivity contribution in [2.24, 2.45) is 5.16 Å². The van der Waals surface area contributed by atoms with Gasteiger partial charge in [-0.25, -0.2) is 0 Å². The molecule has 0 spiro atoms. The molecule has 1 N–H and O–H groups in total. The van der Waals surface area contributed by atoms with Gasteiger partial charge < -0.3 is 5.21 Å². The van der Waals surface area contributed by atoms with E-state index in [1.165, 1.54) is 11.1 Å². The molecule has 0 atom stereocenters. The van der Waals surface area contributed by atoms with E-state index in [1.54, 1.807) is 0 Å². The van der Waals surface area contributed by atoms with Crippen LogP contribution < -0.4 is 0 Å². The molecule has 3 rings (SSSR count). The lowest BCUT2D eigenvalue weighted by Crippen LogP contribution is -2.11. The van der Waals surface area contributed by atoms with Gasteiger partial charge in [0.1, 0.15) is 0 Å². The van der Waals surface area contributed by atoms with E-state index in [0.717, 1.165) is 17.0 Å². The summed E-state index contributed by atoms with van der Waals surface area (Å²) in [5.41, 5.74) is 5.85. The van der Waals surface area contributed by atoms with Gasteiger partial charge in [0, 0.05) is 29.3 Å². The number of oxime groups is 1. The van der Waals surface area contributed by atoms with Gasteiger partial charge in [0.25, 0.3) is 0 Å². The van der Waals surface area contributed by atoms with Crippen molar-refractivity contribution < 1.29 is 5.21 Å². The van der Waals surface area contributed by atoms with E-state index in [2.05, 4.69) is 34.4 Å². The lowest BCUT2D eigenvalue weighted by molar-refractivity contribution is 0.317. The lowest BCUT2D eigenvalue weighted by Gasteiger charge is -2.19. The highest BCUT2D eigenvalue weighted by Crippen LogP contribution is 2.29. The largest absolute Gasteiger partial charge is 0.411 e. The van der Waals surface area contributed by atoms with Crippen LogP contribution in [0.3, 0.4) is 0 Å². The van der Waals surface area contributed by atoms with Gasteiger partial charge in [0.15, 0.2) is 0 Å². The highest BCUT2D eigenvalue weighted by atomic mass is 16.4. The van der Waals surface area contributed by atoms with Crippen LogP contribution >= 0.6 is 0 Å². The van der Waals surface area contributed by atoms with Crippen molar-refractivity contribution in [3.8, 4) is 0 Å². The van der Waals surface area contributed by atoms with E-state index < -0.39 is 0 Å². The molecule has 0 bridgehead atoms. The summed E-state index contributed by atoms with van der Waals surface area (Å²) in [6, 6.07) is 24.6. The molecule has 1 heterocycles. The molecule has 0 amide bonds. The molecule has 0 radical (unpaired) electrons. The van der Waals surface area contributed by atoms with Gasteiger partial charge in [-0.15, -0.1) is 0 Å². The van der Waals surface area contributed by atoms with Crippen LogP contribution in [-0.2, 0) is 0 Å². The zero-order chi connectivity index (χ0) is 17.6. The standard InChI is InChI=1S/C22H22N2O/c1-16-13-20(14-17(2)23-16)22(24-25)15-21(18-9-5-3-6-10-18)19-11-7-4-8-12-19/h3-14,21,25H,15H2,1-2H3/b24-22+. The molecular weight excluding hydrogens is 308 g/mol. The molecule has 1 aromatic heterocycles. The first-order chi connectivity index (χ1) is 12.2. The zero-order valence-corrected chi connectivity index (χ0v) is 14.6. The minimum atomic E-state index is 0.127. The van der Waals surface area contributed by atoms with Crippen molar-refractivity contribution in [1.29, 1.82) is 0 Å². The van der Waals surface area contributed by atoms with Crippen LogP contribution in [0.15, 0.2) is 78.0 Å². The highest BCUT2D eigenvalue weighted by molar-refractivity contribution is 6.01. The van der Waals surface area contributed by atoms with Crippen LogP contribution in [0.25, 0.3) is 0 Å². The summed E-state index contributed by atoms with van der Waals surface area (Å²) in [7, 11) is 0. The van der Waals surface area contributed by atoms with Crippen LogP contribution in [0, 0.1) is 13.8 Å². The third-order valence-electron chi connectivity index (χ3n) is 4.34. The topological polar surface area (TPSA) is 45.5 Å². The molecule has 3 nitrogen and oxygen atoms in total. The van der Waals surface area contributed by atoms with E-state index >= 15 is 0 Å². The molecule has 2 aromatic carbocycles. The maximum Gasteiger partial charge on any atom is 0.0878 e. The van der Waals surface area contributed by atoms with Gasteiger partial charge in [-0.05, 0) is 37.1 Å². The van der Waals surface area contributed by atoms with E-state index in [4.69, 9.17) is 0 Å². The van der Waals surface area contributed by atoms with Crippen molar-refractivity contribution >= 4 is 5.71 Å². The van der Waals surface area contributed by atoms with Crippen LogP contribution in [0.4, 0.5) is 0 Å². The van der Waals surface area contributed by atoms with E-state index in [0.29, 0.717) is 12.1 Å². The Kier molecular flexibility index (Phi) is 5.24. The molecule has 0 saturated carbocycles. The minimum absolute atomic E-state index is 0.127. The number of hydrogen-bond acceptors (Lipinski definition) is 3. The Morgan fingerprint density at radius 3 is 1.80 bits per heavy atom. The monoisotopic (exact) mass is 330 g/mol. The average molecular weight is 330 g/mol. The fourth-order valence-corrected chi connectivity index (χ4v) is 3.21. The first-order valence-electron chi connectivity index (χ1n) is 8.44. The Balaban J connectivity index is 1.99. The Morgan fingerprint density at radius 2 is 1.36 bits per heavy atom. The molecule has 3 heteroatoms. The predicted octanol–water partition coefficient (Wildman–Crippen LogP) is 5.10. The molecule has 0 saturated heterocycles. The molecule has 126 valence electrons. The van der Waals surface area contributed by atoms with Gasteiger partial charge >= 0.3 is 0 Å². The van der Waals surface area contributed by atoms with Crippen molar-refractivity contribution in [2.45, 2.75) is 26.2 Å². The number of pyridine rings is 1. The Morgan fingerprint density at radius 1 is 0.880 bits per heavy atom. The SMILES string of the molecule is Cc1cc(/C(CC(c2ccccc2)c2ccccc2)=N/O)cc(C)n1. The summed E-state index contributed by atoms with van der Waals surface area (Å²) in [5.74, 6) is 0.127.